The number of carbonyl (C=O) groups is 2. The second-order valence-electron chi connectivity index (χ2n) is 6.64. The zero-order valence-corrected chi connectivity index (χ0v) is 14.4. The standard InChI is InChI=1S/C18H22N2O3S/c21-17(20-9-10-23-14-7-3-2-6-13(14)20)11-16-18(22)19-12-5-1-4-8-15(12)24-16/h1,4-5,8,13-14,16H,2-3,6-7,9-11H2,(H,19,22)/t13-,14+,16-/m1/s1. The smallest absolute Gasteiger partial charge is 0.238 e. The number of ether oxygens (including phenoxy) is 1. The number of nitrogens with one attached hydrogen (secondary N) is 1. The Balaban J connectivity index is 1.45. The minimum Gasteiger partial charge on any atom is -0.374 e. The second kappa shape index (κ2) is 6.76. The molecule has 2 fully saturated rings. The van der Waals surface area contributed by atoms with Crippen LogP contribution in [-0.4, -0.2) is 47.3 Å². The minimum absolute atomic E-state index is 0.0690. The monoisotopic (exact) mass is 346 g/mol. The fraction of sp³-hybridized carbons (Fsp3) is 0.556. The van der Waals surface area contributed by atoms with Crippen LogP contribution < -0.4 is 5.32 Å². The number of nitrogens with zero attached hydrogens (tertiary/aromatic N) is 1. The maximum atomic E-state index is 12.9. The SMILES string of the molecule is O=C1Nc2ccccc2S[C@@H]1CC(=O)N1CCO[C@H]2CCCC[C@H]21. The van der Waals surface area contributed by atoms with Gasteiger partial charge in [-0.2, -0.15) is 0 Å². The molecule has 0 unspecified atom stereocenters. The lowest BCUT2D eigenvalue weighted by Gasteiger charge is -2.44. The van der Waals surface area contributed by atoms with Gasteiger partial charge in [0.15, 0.2) is 0 Å². The van der Waals surface area contributed by atoms with Gasteiger partial charge in [0.2, 0.25) is 11.8 Å². The maximum Gasteiger partial charge on any atom is 0.238 e. The summed E-state index contributed by atoms with van der Waals surface area (Å²) in [5, 5.41) is 2.57. The molecule has 1 saturated heterocycles. The number of hydrogen-bond acceptors (Lipinski definition) is 4. The van der Waals surface area contributed by atoms with E-state index >= 15 is 0 Å². The third-order valence-corrected chi connectivity index (χ3v) is 6.39. The lowest BCUT2D eigenvalue weighted by molar-refractivity contribution is -0.150. The van der Waals surface area contributed by atoms with Gasteiger partial charge in [0, 0.05) is 17.9 Å². The zero-order valence-electron chi connectivity index (χ0n) is 13.6. The van der Waals surface area contributed by atoms with E-state index in [1.807, 2.05) is 29.2 Å². The summed E-state index contributed by atoms with van der Waals surface area (Å²) in [5.74, 6) is 0.0164. The van der Waals surface area contributed by atoms with Gasteiger partial charge in [0.25, 0.3) is 0 Å². The Labute approximate surface area is 146 Å². The van der Waals surface area contributed by atoms with E-state index in [-0.39, 0.29) is 35.6 Å². The van der Waals surface area contributed by atoms with Gasteiger partial charge in [0.05, 0.1) is 29.7 Å². The van der Waals surface area contributed by atoms with Crippen LogP contribution in [0.3, 0.4) is 0 Å². The van der Waals surface area contributed by atoms with E-state index < -0.39 is 0 Å². The van der Waals surface area contributed by atoms with Crippen molar-refractivity contribution in [1.29, 1.82) is 0 Å². The van der Waals surface area contributed by atoms with Crippen molar-refractivity contribution in [2.45, 2.75) is 54.4 Å². The fourth-order valence-corrected chi connectivity index (χ4v) is 5.01. The molecule has 1 aliphatic carbocycles. The molecule has 0 bridgehead atoms. The number of anilines is 1. The molecule has 0 spiro atoms. The predicted octanol–water partition coefficient (Wildman–Crippen LogP) is 2.66. The number of benzene rings is 1. The van der Waals surface area contributed by atoms with Crippen LogP contribution >= 0.6 is 11.8 Å². The maximum absolute atomic E-state index is 12.9. The van der Waals surface area contributed by atoms with Gasteiger partial charge in [-0.3, -0.25) is 9.59 Å². The highest BCUT2D eigenvalue weighted by Gasteiger charge is 2.38. The number of hydrogen-bond donors (Lipinski definition) is 1. The van der Waals surface area contributed by atoms with Gasteiger partial charge in [0.1, 0.15) is 0 Å². The highest BCUT2D eigenvalue weighted by Crippen LogP contribution is 2.37. The largest absolute Gasteiger partial charge is 0.374 e. The Morgan fingerprint density at radius 2 is 2.12 bits per heavy atom. The molecule has 24 heavy (non-hydrogen) atoms. The summed E-state index contributed by atoms with van der Waals surface area (Å²) in [5.41, 5.74) is 0.843. The summed E-state index contributed by atoms with van der Waals surface area (Å²) in [4.78, 5) is 28.2. The van der Waals surface area contributed by atoms with Crippen molar-refractivity contribution in [3.05, 3.63) is 24.3 Å². The Morgan fingerprint density at radius 3 is 3.04 bits per heavy atom. The molecule has 1 N–H and O–H groups in total. The molecular weight excluding hydrogens is 324 g/mol. The number of para-hydroxylation sites is 1. The van der Waals surface area contributed by atoms with Crippen LogP contribution in [0.5, 0.6) is 0 Å². The summed E-state index contributed by atoms with van der Waals surface area (Å²) in [6.45, 7) is 1.26. The predicted molar refractivity (Wildman–Crippen MR) is 93.0 cm³/mol. The van der Waals surface area contributed by atoms with Crippen molar-refractivity contribution in [3.63, 3.8) is 0 Å². The normalized spacial score (nSPS) is 29.4. The second-order valence-corrected chi connectivity index (χ2v) is 7.89. The molecule has 1 saturated carbocycles. The lowest BCUT2D eigenvalue weighted by atomic mass is 9.90. The first-order valence-electron chi connectivity index (χ1n) is 8.70. The number of carbonyl (C=O) groups excluding carboxylic acids is 2. The van der Waals surface area contributed by atoms with E-state index in [1.54, 1.807) is 0 Å². The minimum atomic E-state index is -0.350. The van der Waals surface area contributed by atoms with Gasteiger partial charge in [-0.25, -0.2) is 0 Å². The van der Waals surface area contributed by atoms with Crippen molar-refractivity contribution in [2.24, 2.45) is 0 Å². The summed E-state index contributed by atoms with van der Waals surface area (Å²) in [6, 6.07) is 7.94. The third kappa shape index (κ3) is 3.05. The van der Waals surface area contributed by atoms with Gasteiger partial charge >= 0.3 is 0 Å². The van der Waals surface area contributed by atoms with Gasteiger partial charge in [-0.1, -0.05) is 25.0 Å². The van der Waals surface area contributed by atoms with Crippen LogP contribution in [0.15, 0.2) is 29.2 Å². The van der Waals surface area contributed by atoms with E-state index in [0.29, 0.717) is 13.2 Å². The van der Waals surface area contributed by atoms with E-state index in [1.165, 1.54) is 18.2 Å². The van der Waals surface area contributed by atoms with Crippen molar-refractivity contribution in [3.8, 4) is 0 Å². The Kier molecular flexibility index (Phi) is 4.50. The van der Waals surface area contributed by atoms with Crippen molar-refractivity contribution in [1.82, 2.24) is 4.90 Å². The van der Waals surface area contributed by atoms with Crippen LogP contribution in [0, 0.1) is 0 Å². The van der Waals surface area contributed by atoms with Crippen molar-refractivity contribution < 1.29 is 14.3 Å². The molecule has 2 heterocycles. The topological polar surface area (TPSA) is 58.6 Å². The highest BCUT2D eigenvalue weighted by atomic mass is 32.2. The Bertz CT molecular complexity index is 649. The highest BCUT2D eigenvalue weighted by molar-refractivity contribution is 8.01. The summed E-state index contributed by atoms with van der Waals surface area (Å²) >= 11 is 1.50. The number of thioether (sulfide) groups is 1. The first-order chi connectivity index (χ1) is 11.7. The molecule has 1 aromatic rings. The molecule has 3 atom stereocenters. The van der Waals surface area contributed by atoms with E-state index in [0.717, 1.165) is 29.8 Å². The van der Waals surface area contributed by atoms with Crippen molar-refractivity contribution >= 4 is 29.3 Å². The van der Waals surface area contributed by atoms with Crippen LogP contribution in [0.1, 0.15) is 32.1 Å². The Hall–Kier alpha value is -1.53. The third-order valence-electron chi connectivity index (χ3n) is 5.12. The molecule has 2 amide bonds. The van der Waals surface area contributed by atoms with Crippen molar-refractivity contribution in [2.75, 3.05) is 18.5 Å². The Morgan fingerprint density at radius 1 is 1.29 bits per heavy atom. The fourth-order valence-electron chi connectivity index (χ4n) is 3.91. The number of rotatable bonds is 2. The summed E-state index contributed by atoms with van der Waals surface area (Å²) < 4.78 is 5.84. The molecular formula is C18H22N2O3S. The molecule has 4 rings (SSSR count). The first kappa shape index (κ1) is 16.0. The molecule has 6 heteroatoms. The van der Waals surface area contributed by atoms with Crippen LogP contribution in [0.25, 0.3) is 0 Å². The molecule has 1 aromatic carbocycles. The number of morpholine rings is 1. The van der Waals surface area contributed by atoms with Gasteiger partial charge < -0.3 is 15.0 Å². The molecule has 0 aromatic heterocycles. The molecule has 2 aliphatic heterocycles. The van der Waals surface area contributed by atoms with Crippen LogP contribution in [0.2, 0.25) is 0 Å². The number of fused-ring (bicyclic) bond motifs is 2. The number of amides is 2. The zero-order chi connectivity index (χ0) is 16.5. The average molecular weight is 346 g/mol. The molecule has 0 radical (unpaired) electrons. The summed E-state index contributed by atoms with van der Waals surface area (Å²) in [7, 11) is 0. The first-order valence-corrected chi connectivity index (χ1v) is 9.58. The van der Waals surface area contributed by atoms with E-state index in [9.17, 15) is 9.59 Å². The molecule has 3 aliphatic rings. The summed E-state index contributed by atoms with van der Waals surface area (Å²) in [6.07, 6.45) is 4.84. The van der Waals surface area contributed by atoms with E-state index in [4.69, 9.17) is 4.74 Å². The lowest BCUT2D eigenvalue weighted by Crippen LogP contribution is -2.55. The molecule has 128 valence electrons. The quantitative estimate of drug-likeness (QED) is 0.894. The van der Waals surface area contributed by atoms with E-state index in [2.05, 4.69) is 5.32 Å². The van der Waals surface area contributed by atoms with Gasteiger partial charge in [-0.05, 0) is 25.0 Å². The van der Waals surface area contributed by atoms with Crippen LogP contribution in [-0.2, 0) is 14.3 Å². The van der Waals surface area contributed by atoms with Gasteiger partial charge in [-0.15, -0.1) is 11.8 Å². The van der Waals surface area contributed by atoms with Crippen LogP contribution in [0.4, 0.5) is 5.69 Å². The molecule has 5 nitrogen and oxygen atoms in total. The average Bonchev–Trinajstić information content (AvgIpc) is 2.62.